The van der Waals surface area contributed by atoms with Crippen LogP contribution in [-0.4, -0.2) is 25.3 Å². The first-order valence-corrected chi connectivity index (χ1v) is 4.54. The van der Waals surface area contributed by atoms with Crippen LogP contribution in [0.15, 0.2) is 22.6 Å². The smallest absolute Gasteiger partial charge is 0.371 e. The van der Waals surface area contributed by atoms with E-state index in [0.29, 0.717) is 22.5 Å². The minimum absolute atomic E-state index is 0.124. The lowest BCUT2D eigenvalue weighted by atomic mass is 10.2. The van der Waals surface area contributed by atoms with Crippen LogP contribution in [0.5, 0.6) is 11.5 Å². The van der Waals surface area contributed by atoms with Crippen LogP contribution < -0.4 is 9.47 Å². The molecule has 0 amide bonds. The van der Waals surface area contributed by atoms with Crippen molar-refractivity contribution in [3.05, 3.63) is 24.0 Å². The topological polar surface area (TPSA) is 68.9 Å². The zero-order valence-electron chi connectivity index (χ0n) is 8.81. The summed E-state index contributed by atoms with van der Waals surface area (Å²) in [4.78, 5) is 10.8. The fraction of sp³-hybridized carbons (Fsp3) is 0.182. The van der Waals surface area contributed by atoms with Crippen molar-refractivity contribution in [1.82, 2.24) is 0 Å². The third-order valence-corrected chi connectivity index (χ3v) is 2.22. The third-order valence-electron chi connectivity index (χ3n) is 2.22. The first-order chi connectivity index (χ1) is 7.65. The number of aromatic carboxylic acids is 1. The maximum Gasteiger partial charge on any atom is 0.371 e. The van der Waals surface area contributed by atoms with Gasteiger partial charge < -0.3 is 19.0 Å². The summed E-state index contributed by atoms with van der Waals surface area (Å²) in [5.41, 5.74) is 0.403. The second kappa shape index (κ2) is 3.77. The van der Waals surface area contributed by atoms with Gasteiger partial charge in [-0.05, 0) is 12.1 Å². The monoisotopic (exact) mass is 222 g/mol. The van der Waals surface area contributed by atoms with Gasteiger partial charge in [-0.15, -0.1) is 0 Å². The molecule has 0 fully saturated rings. The first-order valence-electron chi connectivity index (χ1n) is 4.54. The molecule has 1 aromatic heterocycles. The van der Waals surface area contributed by atoms with Crippen molar-refractivity contribution in [1.29, 1.82) is 0 Å². The van der Waals surface area contributed by atoms with Crippen molar-refractivity contribution in [3.63, 3.8) is 0 Å². The van der Waals surface area contributed by atoms with Crippen molar-refractivity contribution in [3.8, 4) is 11.5 Å². The van der Waals surface area contributed by atoms with Crippen LogP contribution in [0, 0.1) is 0 Å². The molecule has 2 aromatic rings. The van der Waals surface area contributed by atoms with Gasteiger partial charge in [0.2, 0.25) is 5.76 Å². The SMILES string of the molecule is COc1cc(OC)c2oc(C(=O)O)cc2c1. The average Bonchev–Trinajstić information content (AvgIpc) is 2.71. The zero-order chi connectivity index (χ0) is 11.7. The van der Waals surface area contributed by atoms with Gasteiger partial charge in [0.15, 0.2) is 11.3 Å². The molecule has 1 heterocycles. The maximum atomic E-state index is 10.8. The van der Waals surface area contributed by atoms with Gasteiger partial charge in [-0.3, -0.25) is 0 Å². The molecule has 16 heavy (non-hydrogen) atoms. The second-order valence-electron chi connectivity index (χ2n) is 3.16. The Kier molecular flexibility index (Phi) is 2.44. The molecule has 5 heteroatoms. The highest BCUT2D eigenvalue weighted by molar-refractivity contribution is 5.94. The Labute approximate surface area is 91.2 Å². The lowest BCUT2D eigenvalue weighted by Crippen LogP contribution is -1.91. The molecule has 0 unspecified atom stereocenters. The molecule has 0 bridgehead atoms. The quantitative estimate of drug-likeness (QED) is 0.861. The summed E-state index contributed by atoms with van der Waals surface area (Å²) in [5.74, 6) is -0.206. The number of hydrogen-bond acceptors (Lipinski definition) is 4. The van der Waals surface area contributed by atoms with E-state index in [-0.39, 0.29) is 5.76 Å². The van der Waals surface area contributed by atoms with Crippen molar-refractivity contribution in [2.45, 2.75) is 0 Å². The van der Waals surface area contributed by atoms with Crippen LogP contribution in [0.2, 0.25) is 0 Å². The van der Waals surface area contributed by atoms with Crippen LogP contribution in [0.25, 0.3) is 11.0 Å². The largest absolute Gasteiger partial charge is 0.497 e. The van der Waals surface area contributed by atoms with Crippen LogP contribution in [0.4, 0.5) is 0 Å². The number of furan rings is 1. The number of carboxylic acids is 1. The highest BCUT2D eigenvalue weighted by atomic mass is 16.5. The van der Waals surface area contributed by atoms with Gasteiger partial charge in [0.25, 0.3) is 0 Å². The molecular formula is C11H10O5. The van der Waals surface area contributed by atoms with E-state index >= 15 is 0 Å². The highest BCUT2D eigenvalue weighted by Gasteiger charge is 2.15. The average molecular weight is 222 g/mol. The first kappa shape index (κ1) is 10.4. The molecule has 0 atom stereocenters. The Morgan fingerprint density at radius 1 is 1.25 bits per heavy atom. The molecule has 1 aromatic carbocycles. The predicted molar refractivity (Wildman–Crippen MR) is 56.3 cm³/mol. The lowest BCUT2D eigenvalue weighted by molar-refractivity contribution is 0.0665. The number of fused-ring (bicyclic) bond motifs is 1. The summed E-state index contributed by atoms with van der Waals surface area (Å²) < 4.78 is 15.3. The minimum Gasteiger partial charge on any atom is -0.497 e. The van der Waals surface area contributed by atoms with Gasteiger partial charge in [0.05, 0.1) is 14.2 Å². The van der Waals surface area contributed by atoms with Crippen molar-refractivity contribution in [2.24, 2.45) is 0 Å². The van der Waals surface area contributed by atoms with Gasteiger partial charge in [-0.25, -0.2) is 4.79 Å². The molecule has 0 aliphatic heterocycles. The highest BCUT2D eigenvalue weighted by Crippen LogP contribution is 2.33. The van der Waals surface area contributed by atoms with Gasteiger partial charge in [-0.1, -0.05) is 0 Å². The summed E-state index contributed by atoms with van der Waals surface area (Å²) >= 11 is 0. The summed E-state index contributed by atoms with van der Waals surface area (Å²) in [6, 6.07) is 4.76. The van der Waals surface area contributed by atoms with E-state index < -0.39 is 5.97 Å². The van der Waals surface area contributed by atoms with E-state index in [2.05, 4.69) is 0 Å². The molecule has 5 nitrogen and oxygen atoms in total. The molecule has 0 saturated carbocycles. The lowest BCUT2D eigenvalue weighted by Gasteiger charge is -2.03. The number of benzene rings is 1. The normalized spacial score (nSPS) is 10.4. The van der Waals surface area contributed by atoms with E-state index in [1.54, 1.807) is 12.1 Å². The Bertz CT molecular complexity index is 541. The summed E-state index contributed by atoms with van der Waals surface area (Å²) in [6.45, 7) is 0. The molecular weight excluding hydrogens is 212 g/mol. The summed E-state index contributed by atoms with van der Waals surface area (Å²) in [6.07, 6.45) is 0. The number of rotatable bonds is 3. The molecule has 1 N–H and O–H groups in total. The Morgan fingerprint density at radius 2 is 2.00 bits per heavy atom. The standard InChI is InChI=1S/C11H10O5/c1-14-7-3-6-4-9(11(12)13)16-10(6)8(5-7)15-2/h3-5H,1-2H3,(H,12,13). The molecule has 0 radical (unpaired) electrons. The molecule has 0 aliphatic carbocycles. The molecule has 0 spiro atoms. The number of ether oxygens (including phenoxy) is 2. The number of carbonyl (C=O) groups is 1. The van der Waals surface area contributed by atoms with E-state index in [1.165, 1.54) is 20.3 Å². The summed E-state index contributed by atoms with van der Waals surface area (Å²) in [5, 5.41) is 9.44. The Hall–Kier alpha value is -2.17. The molecule has 2 rings (SSSR count). The third kappa shape index (κ3) is 1.56. The van der Waals surface area contributed by atoms with E-state index in [1.807, 2.05) is 0 Å². The van der Waals surface area contributed by atoms with Gasteiger partial charge in [-0.2, -0.15) is 0 Å². The van der Waals surface area contributed by atoms with Crippen LogP contribution in [0.3, 0.4) is 0 Å². The van der Waals surface area contributed by atoms with Crippen LogP contribution in [-0.2, 0) is 0 Å². The Balaban J connectivity index is 2.69. The van der Waals surface area contributed by atoms with Crippen molar-refractivity contribution in [2.75, 3.05) is 14.2 Å². The van der Waals surface area contributed by atoms with Crippen molar-refractivity contribution < 1.29 is 23.8 Å². The maximum absolute atomic E-state index is 10.8. The van der Waals surface area contributed by atoms with Gasteiger partial charge >= 0.3 is 5.97 Å². The van der Waals surface area contributed by atoms with E-state index in [0.717, 1.165) is 0 Å². The number of carboxylic acid groups (broad SMARTS) is 1. The van der Waals surface area contributed by atoms with Crippen molar-refractivity contribution >= 4 is 16.9 Å². The fourth-order valence-corrected chi connectivity index (χ4v) is 1.47. The van der Waals surface area contributed by atoms with E-state index in [9.17, 15) is 4.79 Å². The van der Waals surface area contributed by atoms with Crippen LogP contribution >= 0.6 is 0 Å². The summed E-state index contributed by atoms with van der Waals surface area (Å²) in [7, 11) is 3.01. The van der Waals surface area contributed by atoms with Crippen LogP contribution in [0.1, 0.15) is 10.6 Å². The fourth-order valence-electron chi connectivity index (χ4n) is 1.47. The van der Waals surface area contributed by atoms with Gasteiger partial charge in [0.1, 0.15) is 5.75 Å². The zero-order valence-corrected chi connectivity index (χ0v) is 8.81. The van der Waals surface area contributed by atoms with Gasteiger partial charge in [0, 0.05) is 11.5 Å². The predicted octanol–water partition coefficient (Wildman–Crippen LogP) is 2.15. The molecule has 0 aliphatic rings. The molecule has 0 saturated heterocycles. The second-order valence-corrected chi connectivity index (χ2v) is 3.16. The minimum atomic E-state index is -1.11. The number of hydrogen-bond donors (Lipinski definition) is 1. The van der Waals surface area contributed by atoms with E-state index in [4.69, 9.17) is 19.0 Å². The number of methoxy groups -OCH3 is 2. The molecule has 84 valence electrons. The Morgan fingerprint density at radius 3 is 2.56 bits per heavy atom.